The summed E-state index contributed by atoms with van der Waals surface area (Å²) in [5.41, 5.74) is 1.48. The van der Waals surface area contributed by atoms with Crippen LogP contribution in [0.4, 0.5) is 0 Å². The molecule has 2 N–H and O–H groups in total. The number of nitrogens with zero attached hydrogens (tertiary/aromatic N) is 1. The fraction of sp³-hybridized carbons (Fsp3) is 0.357. The van der Waals surface area contributed by atoms with E-state index in [1.807, 2.05) is 30.5 Å². The van der Waals surface area contributed by atoms with Gasteiger partial charge in [0.25, 0.3) is 5.91 Å². The molecule has 0 spiro atoms. The maximum atomic E-state index is 12.6. The SMILES string of the molecule is O=C(c1cccc2cc[nH]c12)N1CCOCC1CO. The zero-order valence-electron chi connectivity index (χ0n) is 10.5. The maximum absolute atomic E-state index is 12.6. The second-order valence-corrected chi connectivity index (χ2v) is 4.66. The van der Waals surface area contributed by atoms with E-state index in [-0.39, 0.29) is 18.6 Å². The molecular weight excluding hydrogens is 244 g/mol. The Morgan fingerprint density at radius 3 is 3.21 bits per heavy atom. The molecule has 0 radical (unpaired) electrons. The summed E-state index contributed by atoms with van der Waals surface area (Å²) in [6, 6.07) is 7.33. The van der Waals surface area contributed by atoms with Crippen LogP contribution in [0.15, 0.2) is 30.5 Å². The van der Waals surface area contributed by atoms with Crippen molar-refractivity contribution in [3.63, 3.8) is 0 Å². The zero-order valence-corrected chi connectivity index (χ0v) is 10.5. The third-order valence-corrected chi connectivity index (χ3v) is 3.52. The molecular formula is C14H16N2O3. The molecule has 100 valence electrons. The second kappa shape index (κ2) is 5.03. The van der Waals surface area contributed by atoms with E-state index in [4.69, 9.17) is 4.74 Å². The van der Waals surface area contributed by atoms with Crippen LogP contribution in [0, 0.1) is 0 Å². The molecule has 1 unspecified atom stereocenters. The first-order valence-electron chi connectivity index (χ1n) is 6.37. The van der Waals surface area contributed by atoms with E-state index < -0.39 is 0 Å². The smallest absolute Gasteiger partial charge is 0.256 e. The highest BCUT2D eigenvalue weighted by Gasteiger charge is 2.28. The molecule has 0 aliphatic carbocycles. The summed E-state index contributed by atoms with van der Waals surface area (Å²) in [7, 11) is 0. The molecule has 1 aromatic heterocycles. The van der Waals surface area contributed by atoms with Gasteiger partial charge in [0.2, 0.25) is 0 Å². The van der Waals surface area contributed by atoms with Crippen LogP contribution in [0.25, 0.3) is 10.9 Å². The van der Waals surface area contributed by atoms with Gasteiger partial charge in [0.15, 0.2) is 0 Å². The van der Waals surface area contributed by atoms with Gasteiger partial charge in [-0.05, 0) is 12.1 Å². The summed E-state index contributed by atoms with van der Waals surface area (Å²) in [6.45, 7) is 1.35. The molecule has 1 saturated heterocycles. The Morgan fingerprint density at radius 2 is 2.37 bits per heavy atom. The lowest BCUT2D eigenvalue weighted by atomic mass is 10.1. The number of morpholine rings is 1. The number of para-hydroxylation sites is 1. The van der Waals surface area contributed by atoms with Gasteiger partial charge in [0, 0.05) is 18.1 Å². The second-order valence-electron chi connectivity index (χ2n) is 4.66. The van der Waals surface area contributed by atoms with Crippen molar-refractivity contribution in [1.29, 1.82) is 0 Å². The van der Waals surface area contributed by atoms with Crippen LogP contribution in [0.3, 0.4) is 0 Å². The first-order valence-corrected chi connectivity index (χ1v) is 6.37. The van der Waals surface area contributed by atoms with Crippen LogP contribution in [-0.4, -0.2) is 53.3 Å². The maximum Gasteiger partial charge on any atom is 0.256 e. The summed E-state index contributed by atoms with van der Waals surface area (Å²) in [6.07, 6.45) is 1.82. The summed E-state index contributed by atoms with van der Waals surface area (Å²) >= 11 is 0. The summed E-state index contributed by atoms with van der Waals surface area (Å²) in [5.74, 6) is -0.0598. The minimum absolute atomic E-state index is 0.0598. The average Bonchev–Trinajstić information content (AvgIpc) is 2.94. The summed E-state index contributed by atoms with van der Waals surface area (Å²) < 4.78 is 5.30. The number of nitrogens with one attached hydrogen (secondary N) is 1. The Kier molecular flexibility index (Phi) is 3.23. The van der Waals surface area contributed by atoms with E-state index >= 15 is 0 Å². The Hall–Kier alpha value is -1.85. The monoisotopic (exact) mass is 260 g/mol. The highest BCUT2D eigenvalue weighted by Crippen LogP contribution is 2.20. The van der Waals surface area contributed by atoms with Crippen LogP contribution in [0.2, 0.25) is 0 Å². The predicted octanol–water partition coefficient (Wildman–Crippen LogP) is 1.00. The molecule has 5 heteroatoms. The topological polar surface area (TPSA) is 65.6 Å². The van der Waals surface area contributed by atoms with Gasteiger partial charge in [-0.1, -0.05) is 12.1 Å². The molecule has 1 amide bonds. The van der Waals surface area contributed by atoms with Gasteiger partial charge in [0.1, 0.15) is 0 Å². The fourth-order valence-corrected chi connectivity index (χ4v) is 2.49. The third-order valence-electron chi connectivity index (χ3n) is 3.52. The Morgan fingerprint density at radius 1 is 1.47 bits per heavy atom. The lowest BCUT2D eigenvalue weighted by Crippen LogP contribution is -2.50. The molecule has 0 bridgehead atoms. The number of amides is 1. The number of H-pyrrole nitrogens is 1. The van der Waals surface area contributed by atoms with Crippen molar-refractivity contribution in [3.05, 3.63) is 36.0 Å². The number of hydrogen-bond acceptors (Lipinski definition) is 3. The lowest BCUT2D eigenvalue weighted by molar-refractivity contribution is -0.0183. The highest BCUT2D eigenvalue weighted by atomic mass is 16.5. The number of aromatic amines is 1. The Balaban J connectivity index is 1.96. The standard InChI is InChI=1S/C14H16N2O3/c17-8-11-9-19-7-6-16(11)14(18)12-3-1-2-10-4-5-15-13(10)12/h1-5,11,15,17H,6-9H2. The van der Waals surface area contributed by atoms with E-state index in [9.17, 15) is 9.90 Å². The fourth-order valence-electron chi connectivity index (χ4n) is 2.49. The number of fused-ring (bicyclic) bond motifs is 1. The van der Waals surface area contributed by atoms with E-state index in [0.29, 0.717) is 25.3 Å². The molecule has 1 atom stereocenters. The minimum atomic E-state index is -0.258. The quantitative estimate of drug-likeness (QED) is 0.846. The normalized spacial score (nSPS) is 19.8. The molecule has 0 saturated carbocycles. The average molecular weight is 260 g/mol. The van der Waals surface area contributed by atoms with Crippen molar-refractivity contribution in [2.45, 2.75) is 6.04 Å². The summed E-state index contributed by atoms with van der Waals surface area (Å²) in [5, 5.41) is 10.4. The number of benzene rings is 1. The Labute approximate surface area is 110 Å². The number of aromatic nitrogens is 1. The van der Waals surface area contributed by atoms with Crippen molar-refractivity contribution in [2.24, 2.45) is 0 Å². The van der Waals surface area contributed by atoms with Crippen molar-refractivity contribution >= 4 is 16.8 Å². The van der Waals surface area contributed by atoms with Crippen molar-refractivity contribution in [3.8, 4) is 0 Å². The molecule has 1 fully saturated rings. The Bertz CT molecular complexity index is 593. The van der Waals surface area contributed by atoms with Gasteiger partial charge in [-0.3, -0.25) is 4.79 Å². The van der Waals surface area contributed by atoms with Crippen molar-refractivity contribution < 1.29 is 14.6 Å². The van der Waals surface area contributed by atoms with Crippen molar-refractivity contribution in [1.82, 2.24) is 9.88 Å². The number of aliphatic hydroxyl groups is 1. The number of carbonyl (C=O) groups excluding carboxylic acids is 1. The molecule has 2 aromatic rings. The number of carbonyl (C=O) groups is 1. The highest BCUT2D eigenvalue weighted by molar-refractivity contribution is 6.05. The van der Waals surface area contributed by atoms with Gasteiger partial charge in [-0.2, -0.15) is 0 Å². The van der Waals surface area contributed by atoms with Crippen LogP contribution in [0.1, 0.15) is 10.4 Å². The summed E-state index contributed by atoms with van der Waals surface area (Å²) in [4.78, 5) is 17.4. The zero-order chi connectivity index (χ0) is 13.2. The van der Waals surface area contributed by atoms with E-state index in [1.54, 1.807) is 4.90 Å². The first kappa shape index (κ1) is 12.2. The largest absolute Gasteiger partial charge is 0.394 e. The molecule has 2 heterocycles. The van der Waals surface area contributed by atoms with E-state index in [1.165, 1.54) is 0 Å². The van der Waals surface area contributed by atoms with E-state index in [0.717, 1.165) is 10.9 Å². The molecule has 1 aromatic carbocycles. The van der Waals surface area contributed by atoms with Gasteiger partial charge in [-0.25, -0.2) is 0 Å². The van der Waals surface area contributed by atoms with Crippen LogP contribution < -0.4 is 0 Å². The van der Waals surface area contributed by atoms with Crippen LogP contribution in [0.5, 0.6) is 0 Å². The molecule has 1 aliphatic heterocycles. The van der Waals surface area contributed by atoms with Gasteiger partial charge in [0.05, 0.1) is 36.9 Å². The number of hydrogen-bond donors (Lipinski definition) is 2. The number of rotatable bonds is 2. The molecule has 19 heavy (non-hydrogen) atoms. The number of aliphatic hydroxyl groups excluding tert-OH is 1. The van der Waals surface area contributed by atoms with Gasteiger partial charge >= 0.3 is 0 Å². The van der Waals surface area contributed by atoms with Crippen LogP contribution in [-0.2, 0) is 4.74 Å². The van der Waals surface area contributed by atoms with Gasteiger partial charge < -0.3 is 19.7 Å². The lowest BCUT2D eigenvalue weighted by Gasteiger charge is -2.34. The van der Waals surface area contributed by atoms with Gasteiger partial charge in [-0.15, -0.1) is 0 Å². The van der Waals surface area contributed by atoms with E-state index in [2.05, 4.69) is 4.98 Å². The van der Waals surface area contributed by atoms with Crippen LogP contribution >= 0.6 is 0 Å². The molecule has 3 rings (SSSR count). The minimum Gasteiger partial charge on any atom is -0.394 e. The first-order chi connectivity index (χ1) is 9.31. The third kappa shape index (κ3) is 2.11. The van der Waals surface area contributed by atoms with Crippen molar-refractivity contribution in [2.75, 3.05) is 26.4 Å². The molecule has 5 nitrogen and oxygen atoms in total. The number of ether oxygens (including phenoxy) is 1. The molecule has 1 aliphatic rings. The predicted molar refractivity (Wildman–Crippen MR) is 71.0 cm³/mol.